The first-order valence-corrected chi connectivity index (χ1v) is 10.8. The minimum Gasteiger partial charge on any atom is -0.483 e. The van der Waals surface area contributed by atoms with Gasteiger partial charge in [-0.2, -0.15) is 0 Å². The molecule has 3 aromatic rings. The number of amides is 1. The highest BCUT2D eigenvalue weighted by atomic mass is 79.9. The van der Waals surface area contributed by atoms with Crippen molar-refractivity contribution in [3.8, 4) is 5.75 Å². The van der Waals surface area contributed by atoms with Crippen LogP contribution < -0.4 is 15.4 Å². The smallest absolute Gasteiger partial charge is 0.262 e. The molecule has 2 N–H and O–H groups in total. The highest BCUT2D eigenvalue weighted by molar-refractivity contribution is 9.10. The SMILES string of the molecule is Cc1ccc(Cl)cc1NC(=O)COc1ccc(CNc2cccc(Cl)c2C)cc1Br. The Morgan fingerprint density at radius 1 is 1.03 bits per heavy atom. The predicted octanol–water partition coefficient (Wildman–Crippen LogP) is 7.00. The van der Waals surface area contributed by atoms with Crippen molar-refractivity contribution in [1.82, 2.24) is 0 Å². The van der Waals surface area contributed by atoms with E-state index in [9.17, 15) is 4.79 Å². The molecule has 1 amide bonds. The summed E-state index contributed by atoms with van der Waals surface area (Å²) in [6.45, 7) is 4.41. The number of nitrogens with one attached hydrogen (secondary N) is 2. The molecule has 3 aromatic carbocycles. The summed E-state index contributed by atoms with van der Waals surface area (Å²) in [5.74, 6) is 0.338. The van der Waals surface area contributed by atoms with Gasteiger partial charge in [0.15, 0.2) is 6.61 Å². The molecule has 0 atom stereocenters. The van der Waals surface area contributed by atoms with Gasteiger partial charge < -0.3 is 15.4 Å². The molecular weight excluding hydrogens is 487 g/mol. The number of hydrogen-bond acceptors (Lipinski definition) is 3. The van der Waals surface area contributed by atoms with Crippen LogP contribution in [0.2, 0.25) is 10.0 Å². The topological polar surface area (TPSA) is 50.4 Å². The average molecular weight is 508 g/mol. The molecule has 0 bridgehead atoms. The van der Waals surface area contributed by atoms with Gasteiger partial charge in [-0.25, -0.2) is 0 Å². The first-order valence-electron chi connectivity index (χ1n) is 9.29. The van der Waals surface area contributed by atoms with Gasteiger partial charge in [-0.1, -0.05) is 41.4 Å². The third kappa shape index (κ3) is 5.91. The van der Waals surface area contributed by atoms with E-state index in [0.717, 1.165) is 31.9 Å². The van der Waals surface area contributed by atoms with Gasteiger partial charge in [0.1, 0.15) is 5.75 Å². The molecule has 0 aliphatic heterocycles. The number of rotatable bonds is 7. The molecule has 3 rings (SSSR count). The Morgan fingerprint density at radius 2 is 1.83 bits per heavy atom. The standard InChI is InChI=1S/C23H21BrCl2N2O2/c1-14-6-8-17(25)11-21(14)28-23(29)13-30-22-9-7-16(10-18(22)24)12-27-20-5-3-4-19(26)15(20)2/h3-11,27H,12-13H2,1-2H3,(H,28,29). The number of aryl methyl sites for hydroxylation is 1. The maximum atomic E-state index is 12.2. The highest BCUT2D eigenvalue weighted by Crippen LogP contribution is 2.28. The van der Waals surface area contributed by atoms with Gasteiger partial charge in [0.05, 0.1) is 4.47 Å². The van der Waals surface area contributed by atoms with Crippen LogP contribution in [0.1, 0.15) is 16.7 Å². The van der Waals surface area contributed by atoms with Crippen molar-refractivity contribution in [3.05, 3.63) is 85.8 Å². The van der Waals surface area contributed by atoms with Gasteiger partial charge in [0, 0.05) is 28.0 Å². The van der Waals surface area contributed by atoms with Crippen LogP contribution in [-0.4, -0.2) is 12.5 Å². The molecule has 0 heterocycles. The zero-order valence-electron chi connectivity index (χ0n) is 16.6. The number of carbonyl (C=O) groups is 1. The Balaban J connectivity index is 1.56. The molecule has 0 aliphatic carbocycles. The Hall–Kier alpha value is -2.21. The summed E-state index contributed by atoms with van der Waals surface area (Å²) in [5.41, 5.74) is 4.67. The Kier molecular flexibility index (Phi) is 7.64. The van der Waals surface area contributed by atoms with Gasteiger partial charge in [-0.3, -0.25) is 4.79 Å². The van der Waals surface area contributed by atoms with Crippen LogP contribution in [-0.2, 0) is 11.3 Å². The second-order valence-electron chi connectivity index (χ2n) is 6.83. The molecule has 4 nitrogen and oxygen atoms in total. The molecular formula is C23H21BrCl2N2O2. The van der Waals surface area contributed by atoms with Crippen LogP contribution in [0.5, 0.6) is 5.75 Å². The maximum Gasteiger partial charge on any atom is 0.262 e. The molecule has 0 saturated carbocycles. The second-order valence-corrected chi connectivity index (χ2v) is 8.52. The molecule has 0 aromatic heterocycles. The summed E-state index contributed by atoms with van der Waals surface area (Å²) in [7, 11) is 0. The minimum absolute atomic E-state index is 0.107. The van der Waals surface area contributed by atoms with E-state index in [1.165, 1.54) is 0 Å². The normalized spacial score (nSPS) is 10.6. The quantitative estimate of drug-likeness (QED) is 0.362. The molecule has 0 aliphatic rings. The van der Waals surface area contributed by atoms with E-state index in [1.807, 2.05) is 56.3 Å². The molecule has 0 radical (unpaired) electrons. The lowest BCUT2D eigenvalue weighted by molar-refractivity contribution is -0.118. The van der Waals surface area contributed by atoms with Crippen LogP contribution in [0.15, 0.2) is 59.1 Å². The van der Waals surface area contributed by atoms with E-state index < -0.39 is 0 Å². The molecule has 0 fully saturated rings. The highest BCUT2D eigenvalue weighted by Gasteiger charge is 2.09. The fourth-order valence-corrected chi connectivity index (χ4v) is 3.71. The van der Waals surface area contributed by atoms with Gasteiger partial charge in [-0.05, 0) is 82.9 Å². The number of benzene rings is 3. The molecule has 0 unspecified atom stereocenters. The maximum absolute atomic E-state index is 12.2. The lowest BCUT2D eigenvalue weighted by Gasteiger charge is -2.13. The monoisotopic (exact) mass is 506 g/mol. The van der Waals surface area contributed by atoms with Crippen LogP contribution in [0.3, 0.4) is 0 Å². The Morgan fingerprint density at radius 3 is 2.60 bits per heavy atom. The van der Waals surface area contributed by atoms with Crippen molar-refractivity contribution in [2.24, 2.45) is 0 Å². The van der Waals surface area contributed by atoms with Gasteiger partial charge in [-0.15, -0.1) is 0 Å². The zero-order valence-corrected chi connectivity index (χ0v) is 19.7. The third-order valence-electron chi connectivity index (χ3n) is 4.58. The van der Waals surface area contributed by atoms with Crippen LogP contribution in [0.25, 0.3) is 0 Å². The van der Waals surface area contributed by atoms with Crippen molar-refractivity contribution in [1.29, 1.82) is 0 Å². The third-order valence-corrected chi connectivity index (χ3v) is 5.84. The van der Waals surface area contributed by atoms with Crippen molar-refractivity contribution < 1.29 is 9.53 Å². The fourth-order valence-electron chi connectivity index (χ4n) is 2.83. The minimum atomic E-state index is -0.255. The van der Waals surface area contributed by atoms with Crippen molar-refractivity contribution >= 4 is 56.4 Å². The summed E-state index contributed by atoms with van der Waals surface area (Å²) in [6, 6.07) is 16.9. The van der Waals surface area contributed by atoms with Gasteiger partial charge in [0.2, 0.25) is 0 Å². The van der Waals surface area contributed by atoms with Crippen LogP contribution in [0.4, 0.5) is 11.4 Å². The lowest BCUT2D eigenvalue weighted by atomic mass is 10.1. The first kappa shape index (κ1) is 22.5. The number of hydrogen-bond donors (Lipinski definition) is 2. The molecule has 156 valence electrons. The van der Waals surface area contributed by atoms with Crippen LogP contribution in [0, 0.1) is 13.8 Å². The molecule has 30 heavy (non-hydrogen) atoms. The zero-order chi connectivity index (χ0) is 21.7. The van der Waals surface area contributed by atoms with E-state index >= 15 is 0 Å². The summed E-state index contributed by atoms with van der Waals surface area (Å²) in [5, 5.41) is 7.50. The van der Waals surface area contributed by atoms with Crippen molar-refractivity contribution in [2.45, 2.75) is 20.4 Å². The summed E-state index contributed by atoms with van der Waals surface area (Å²) in [6.07, 6.45) is 0. The van der Waals surface area contributed by atoms with E-state index in [2.05, 4.69) is 26.6 Å². The van der Waals surface area contributed by atoms with Gasteiger partial charge >= 0.3 is 0 Å². The summed E-state index contributed by atoms with van der Waals surface area (Å²) < 4.78 is 6.44. The number of anilines is 2. The summed E-state index contributed by atoms with van der Waals surface area (Å²) >= 11 is 15.7. The average Bonchev–Trinajstić information content (AvgIpc) is 2.71. The molecule has 0 spiro atoms. The number of carbonyl (C=O) groups excluding carboxylic acids is 1. The van der Waals surface area contributed by atoms with Crippen LogP contribution >= 0.6 is 39.1 Å². The first-order chi connectivity index (χ1) is 14.3. The molecule has 0 saturated heterocycles. The number of halogens is 3. The van der Waals surface area contributed by atoms with E-state index in [0.29, 0.717) is 23.0 Å². The van der Waals surface area contributed by atoms with Crippen molar-refractivity contribution in [3.63, 3.8) is 0 Å². The lowest BCUT2D eigenvalue weighted by Crippen LogP contribution is -2.20. The Bertz CT molecular complexity index is 1070. The van der Waals surface area contributed by atoms with Gasteiger partial charge in [0.25, 0.3) is 5.91 Å². The van der Waals surface area contributed by atoms with E-state index in [-0.39, 0.29) is 12.5 Å². The largest absolute Gasteiger partial charge is 0.483 e. The second kappa shape index (κ2) is 10.2. The Labute approximate surface area is 194 Å². The fraction of sp³-hybridized carbons (Fsp3) is 0.174. The van der Waals surface area contributed by atoms with E-state index in [1.54, 1.807) is 12.1 Å². The predicted molar refractivity (Wildman–Crippen MR) is 128 cm³/mol. The van der Waals surface area contributed by atoms with Crippen molar-refractivity contribution in [2.75, 3.05) is 17.2 Å². The molecule has 7 heteroatoms. The number of ether oxygens (including phenoxy) is 1. The summed E-state index contributed by atoms with van der Waals surface area (Å²) in [4.78, 5) is 12.2. The van der Waals surface area contributed by atoms with E-state index in [4.69, 9.17) is 27.9 Å².